The van der Waals surface area contributed by atoms with Crippen molar-refractivity contribution in [2.75, 3.05) is 13.2 Å². The zero-order chi connectivity index (χ0) is 25.0. The van der Waals surface area contributed by atoms with Crippen molar-refractivity contribution in [1.82, 2.24) is 0 Å². The molecule has 2 aliphatic rings. The molecule has 192 valence electrons. The van der Waals surface area contributed by atoms with Gasteiger partial charge in [-0.05, 0) is 0 Å². The van der Waals surface area contributed by atoms with E-state index >= 15 is 0 Å². The van der Waals surface area contributed by atoms with E-state index in [1.165, 1.54) is 0 Å². The third kappa shape index (κ3) is 12.0. The molecule has 10 atom stereocenters. The predicted octanol–water partition coefficient (Wildman–Crippen LogP) is -9.50. The van der Waals surface area contributed by atoms with E-state index in [1.807, 2.05) is 0 Å². The van der Waals surface area contributed by atoms with Gasteiger partial charge in [0.1, 0.15) is 48.8 Å². The molecule has 2 rings (SSSR count). The Labute approximate surface area is 251 Å². The first-order chi connectivity index (χ1) is 14.5. The topological polar surface area (TPSA) is 325 Å². The van der Waals surface area contributed by atoms with Crippen molar-refractivity contribution in [3.05, 3.63) is 0 Å². The molecule has 0 spiro atoms. The summed E-state index contributed by atoms with van der Waals surface area (Å²) in [7, 11) is -11.4. The van der Waals surface area contributed by atoms with Crippen molar-refractivity contribution in [3.8, 4) is 0 Å². The summed E-state index contributed by atoms with van der Waals surface area (Å²) in [4.78, 5) is 37.3. The molecule has 1 unspecified atom stereocenters. The Morgan fingerprint density at radius 3 is 1.53 bits per heavy atom. The molecule has 0 radical (unpaired) electrons. The van der Waals surface area contributed by atoms with Crippen LogP contribution in [0, 0.1) is 0 Å². The van der Waals surface area contributed by atoms with Crippen molar-refractivity contribution < 1.29 is 88.1 Å². The Morgan fingerprint density at radius 2 is 1.15 bits per heavy atom. The Morgan fingerprint density at radius 1 is 0.676 bits per heavy atom. The first-order valence-electron chi connectivity index (χ1n) is 8.54. The molecule has 0 aromatic rings. The summed E-state index contributed by atoms with van der Waals surface area (Å²) in [5.74, 6) is 0. The first kappa shape index (κ1) is 38.5. The van der Waals surface area contributed by atoms with Crippen LogP contribution in [0.15, 0.2) is 0 Å². The molecule has 0 aliphatic carbocycles. The molecular weight excluding hydrogens is 574 g/mol. The van der Waals surface area contributed by atoms with Gasteiger partial charge in [-0.15, -0.1) is 0 Å². The van der Waals surface area contributed by atoms with Crippen LogP contribution in [0.25, 0.3) is 0 Å². The summed E-state index contributed by atoms with van der Waals surface area (Å²) < 4.78 is 36.4. The minimum absolute atomic E-state index is 0. The van der Waals surface area contributed by atoms with Crippen molar-refractivity contribution in [2.45, 2.75) is 61.4 Å². The van der Waals surface area contributed by atoms with Crippen LogP contribution in [0.2, 0.25) is 0 Å². The maximum absolute atomic E-state index is 9.94. The summed E-state index contributed by atoms with van der Waals surface area (Å²) in [6.07, 6.45) is -15.6. The van der Waals surface area contributed by atoms with Crippen LogP contribution in [-0.2, 0) is 27.7 Å². The molecule has 0 saturated carbocycles. The summed E-state index contributed by atoms with van der Waals surface area (Å²) >= 11 is 0. The molecule has 0 aromatic heterocycles. The van der Waals surface area contributed by atoms with Gasteiger partial charge in [-0.25, -0.2) is 0 Å². The first-order valence-corrected chi connectivity index (χ1v) is 11.5. The molecule has 2 aliphatic heterocycles. The fourth-order valence-electron chi connectivity index (χ4n) is 2.69. The van der Waals surface area contributed by atoms with E-state index in [0.29, 0.717) is 0 Å². The molecule has 0 amide bonds. The third-order valence-electron chi connectivity index (χ3n) is 4.18. The molecule has 18 nitrogen and oxygen atoms in total. The van der Waals surface area contributed by atoms with E-state index < -0.39 is 90.3 Å². The second kappa shape index (κ2) is 16.4. The van der Waals surface area contributed by atoms with E-state index in [-0.39, 0.29) is 75.5 Å². The monoisotopic (exact) mass is 596 g/mol. The Kier molecular flexibility index (Phi) is 18.6. The number of phosphoric acid groups is 2. The fourth-order valence-corrected chi connectivity index (χ4v) is 3.67. The molecule has 34 heavy (non-hydrogen) atoms. The van der Waals surface area contributed by atoms with Crippen LogP contribution in [0.1, 0.15) is 0 Å². The normalized spacial score (nSPS) is 38.6. The van der Waals surface area contributed by atoms with Gasteiger partial charge < -0.3 is 88.1 Å². The largest absolute Gasteiger partial charge is 2.00 e. The second-order valence-corrected chi connectivity index (χ2v) is 8.94. The SMILES string of the molecule is O=P([O-])([O-])OP(=O)([O-])[O-].OC[C@H]1O[C@@H](O[C@H]2[C@H](O)[C@@H](O)C(O)O[C@@H]2CO)[C@H](O)[C@@H](O)[C@H]1O.[Ca+2].[Ca+2]. The van der Waals surface area contributed by atoms with Crippen LogP contribution < -0.4 is 19.6 Å². The third-order valence-corrected chi connectivity index (χ3v) is 5.78. The molecule has 0 bridgehead atoms. The number of ether oxygens (including phenoxy) is 3. The van der Waals surface area contributed by atoms with Gasteiger partial charge in [-0.3, -0.25) is 0 Å². The van der Waals surface area contributed by atoms with E-state index in [2.05, 4.69) is 4.31 Å². The summed E-state index contributed by atoms with van der Waals surface area (Å²) in [6.45, 7) is -1.35. The van der Waals surface area contributed by atoms with Crippen LogP contribution in [-0.4, -0.2) is 191 Å². The molecule has 2 heterocycles. The molecule has 8 N–H and O–H groups in total. The zero-order valence-corrected chi connectivity index (χ0v) is 23.4. The zero-order valence-electron chi connectivity index (χ0n) is 17.2. The maximum atomic E-state index is 9.94. The molecular formula is C12H22Ca2O18P2. The fraction of sp³-hybridized carbons (Fsp3) is 1.00. The number of hydrogen-bond donors (Lipinski definition) is 8. The summed E-state index contributed by atoms with van der Waals surface area (Å²) in [5, 5.41) is 76.5. The average molecular weight is 596 g/mol. The summed E-state index contributed by atoms with van der Waals surface area (Å²) in [6, 6.07) is 0. The molecule has 2 saturated heterocycles. The summed E-state index contributed by atoms with van der Waals surface area (Å²) in [5.41, 5.74) is 0. The van der Waals surface area contributed by atoms with E-state index in [0.717, 1.165) is 0 Å². The van der Waals surface area contributed by atoms with E-state index in [1.54, 1.807) is 0 Å². The van der Waals surface area contributed by atoms with E-state index in [4.69, 9.17) is 19.3 Å². The second-order valence-electron chi connectivity index (χ2n) is 6.50. The predicted molar refractivity (Wildman–Crippen MR) is 96.4 cm³/mol. The van der Waals surface area contributed by atoms with Gasteiger partial charge in [-0.1, -0.05) is 0 Å². The molecule has 2 fully saturated rings. The Hall–Kier alpha value is 2.34. The smallest absolute Gasteiger partial charge is 0.790 e. The van der Waals surface area contributed by atoms with Gasteiger partial charge in [0.15, 0.2) is 12.6 Å². The quantitative estimate of drug-likeness (QED) is 0.104. The number of rotatable bonds is 6. The van der Waals surface area contributed by atoms with Gasteiger partial charge in [0, 0.05) is 0 Å². The minimum atomic E-state index is -5.68. The minimum Gasteiger partial charge on any atom is -0.790 e. The number of hydrogen-bond acceptors (Lipinski definition) is 18. The average Bonchev–Trinajstić information content (AvgIpc) is 2.65. The van der Waals surface area contributed by atoms with Gasteiger partial charge in [0.2, 0.25) is 0 Å². The number of aliphatic hydroxyl groups excluding tert-OH is 8. The van der Waals surface area contributed by atoms with Gasteiger partial charge in [-0.2, -0.15) is 0 Å². The van der Waals surface area contributed by atoms with Crippen LogP contribution in [0.4, 0.5) is 0 Å². The maximum Gasteiger partial charge on any atom is 2.00 e. The number of aliphatic hydroxyl groups is 8. The van der Waals surface area contributed by atoms with E-state index in [9.17, 15) is 64.4 Å². The van der Waals surface area contributed by atoms with Crippen molar-refractivity contribution in [3.63, 3.8) is 0 Å². The Balaban J connectivity index is 0. The standard InChI is InChI=1S/C12H22O11.2Ca.H4O7P2/c13-1-3-5(15)6(16)9(19)12(22-3)23-10-4(2-14)21-11(20)8(18)7(10)17;;;1-8(2,3)7-9(4,5)6/h3-20H,1-2H2;;;(H2,1,2,3)(H2,4,5,6)/q;2*+2;/p-4/t3-,4-,5+,6+,7-,8-,9-,10-,11?,12+;;;/m1.../s1. The van der Waals surface area contributed by atoms with Crippen LogP contribution in [0.5, 0.6) is 0 Å². The van der Waals surface area contributed by atoms with Gasteiger partial charge in [0.25, 0.3) is 0 Å². The van der Waals surface area contributed by atoms with Gasteiger partial charge in [0.05, 0.1) is 28.9 Å². The molecule has 0 aromatic carbocycles. The van der Waals surface area contributed by atoms with Gasteiger partial charge >= 0.3 is 75.5 Å². The van der Waals surface area contributed by atoms with Crippen LogP contribution in [0.3, 0.4) is 0 Å². The Bertz CT molecular complexity index is 653. The molecule has 22 heteroatoms. The van der Waals surface area contributed by atoms with Crippen molar-refractivity contribution >= 4 is 91.1 Å². The van der Waals surface area contributed by atoms with Crippen molar-refractivity contribution in [2.24, 2.45) is 0 Å². The van der Waals surface area contributed by atoms with Crippen molar-refractivity contribution in [1.29, 1.82) is 0 Å². The van der Waals surface area contributed by atoms with Crippen LogP contribution >= 0.6 is 15.6 Å².